The zero-order valence-electron chi connectivity index (χ0n) is 12.2. The third kappa shape index (κ3) is 3.17. The molecule has 0 spiro atoms. The first kappa shape index (κ1) is 15.4. The number of carbonyl (C=O) groups is 2. The van der Waals surface area contributed by atoms with Crippen LogP contribution in [-0.2, 0) is 26.2 Å². The molecule has 1 aromatic carbocycles. The Labute approximate surface area is 133 Å². The van der Waals surface area contributed by atoms with Gasteiger partial charge < -0.3 is 4.98 Å². The molecule has 2 N–H and O–H groups in total. The van der Waals surface area contributed by atoms with E-state index >= 15 is 0 Å². The van der Waals surface area contributed by atoms with Crippen molar-refractivity contribution in [3.8, 4) is 0 Å². The first-order valence-corrected chi connectivity index (χ1v) is 8.53. The Bertz CT molecular complexity index is 810. The molecule has 1 saturated heterocycles. The fraction of sp³-hybridized carbons (Fsp3) is 0.200. The molecule has 1 aliphatic heterocycles. The van der Waals surface area contributed by atoms with E-state index in [0.717, 1.165) is 10.5 Å². The molecule has 1 aliphatic rings. The topological polar surface area (TPSA) is 99.3 Å². The molecule has 3 rings (SSSR count). The molecule has 0 radical (unpaired) electrons. The number of carbonyl (C=O) groups excluding carboxylic acids is 2. The lowest BCUT2D eigenvalue weighted by Crippen LogP contribution is -2.28. The van der Waals surface area contributed by atoms with E-state index in [4.69, 9.17) is 0 Å². The lowest BCUT2D eigenvalue weighted by atomic mass is 10.3. The molecular formula is C15H15N3O4S. The number of aromatic amines is 1. The second-order valence-corrected chi connectivity index (χ2v) is 6.93. The normalized spacial score (nSPS) is 15.4. The Morgan fingerprint density at radius 3 is 2.26 bits per heavy atom. The molecule has 0 atom stereocenters. The van der Waals surface area contributed by atoms with Crippen LogP contribution in [0.4, 0.5) is 5.69 Å². The van der Waals surface area contributed by atoms with Crippen molar-refractivity contribution in [3.05, 3.63) is 48.3 Å². The summed E-state index contributed by atoms with van der Waals surface area (Å²) in [5.74, 6) is -0.535. The summed E-state index contributed by atoms with van der Waals surface area (Å²) in [6, 6.07) is 7.47. The number of nitrogens with one attached hydrogen (secondary N) is 2. The van der Waals surface area contributed by atoms with Gasteiger partial charge in [-0.15, -0.1) is 0 Å². The zero-order valence-corrected chi connectivity index (χ0v) is 13.0. The number of anilines is 1. The van der Waals surface area contributed by atoms with Gasteiger partial charge in [-0.05, 0) is 35.9 Å². The number of amides is 2. The van der Waals surface area contributed by atoms with Crippen LogP contribution in [0.15, 0.2) is 47.6 Å². The third-order valence-electron chi connectivity index (χ3n) is 3.59. The van der Waals surface area contributed by atoms with E-state index in [9.17, 15) is 18.0 Å². The van der Waals surface area contributed by atoms with Crippen LogP contribution in [0.25, 0.3) is 0 Å². The molecule has 23 heavy (non-hydrogen) atoms. The fourth-order valence-electron chi connectivity index (χ4n) is 2.37. The van der Waals surface area contributed by atoms with Gasteiger partial charge in [0.05, 0.1) is 10.6 Å². The Morgan fingerprint density at radius 2 is 1.70 bits per heavy atom. The average Bonchev–Trinajstić information content (AvgIpc) is 3.16. The van der Waals surface area contributed by atoms with Crippen LogP contribution in [0.2, 0.25) is 0 Å². The number of imide groups is 1. The average molecular weight is 333 g/mol. The summed E-state index contributed by atoms with van der Waals surface area (Å²) < 4.78 is 26.9. The van der Waals surface area contributed by atoms with Gasteiger partial charge in [0.15, 0.2) is 0 Å². The minimum Gasteiger partial charge on any atom is -0.367 e. The number of hydrogen-bond donors (Lipinski definition) is 2. The molecule has 1 aromatic heterocycles. The summed E-state index contributed by atoms with van der Waals surface area (Å²) in [6.07, 6.45) is 3.80. The number of rotatable bonds is 5. The maximum atomic E-state index is 12.2. The molecular weight excluding hydrogens is 318 g/mol. The zero-order chi connectivity index (χ0) is 16.4. The highest BCUT2D eigenvalue weighted by Gasteiger charge is 2.30. The van der Waals surface area contributed by atoms with E-state index in [2.05, 4.69) is 9.71 Å². The van der Waals surface area contributed by atoms with Crippen LogP contribution in [0.3, 0.4) is 0 Å². The van der Waals surface area contributed by atoms with Gasteiger partial charge in [-0.3, -0.25) is 14.5 Å². The molecule has 0 bridgehead atoms. The van der Waals surface area contributed by atoms with Crippen LogP contribution >= 0.6 is 0 Å². The summed E-state index contributed by atoms with van der Waals surface area (Å²) in [5, 5.41) is 0. The van der Waals surface area contributed by atoms with Crippen LogP contribution in [0.1, 0.15) is 18.4 Å². The molecule has 8 heteroatoms. The van der Waals surface area contributed by atoms with E-state index in [1.807, 2.05) is 0 Å². The van der Waals surface area contributed by atoms with Crippen molar-refractivity contribution in [2.45, 2.75) is 24.3 Å². The highest BCUT2D eigenvalue weighted by molar-refractivity contribution is 7.89. The van der Waals surface area contributed by atoms with Crippen molar-refractivity contribution < 1.29 is 18.0 Å². The van der Waals surface area contributed by atoms with Gasteiger partial charge in [-0.25, -0.2) is 13.1 Å². The van der Waals surface area contributed by atoms with Crippen molar-refractivity contribution in [2.24, 2.45) is 0 Å². The molecule has 2 amide bonds. The van der Waals surface area contributed by atoms with Gasteiger partial charge in [0.25, 0.3) is 0 Å². The van der Waals surface area contributed by atoms with Crippen molar-refractivity contribution in [3.63, 3.8) is 0 Å². The van der Waals surface area contributed by atoms with Crippen molar-refractivity contribution in [1.82, 2.24) is 9.71 Å². The predicted octanol–water partition coefficient (Wildman–Crippen LogP) is 1.15. The second kappa shape index (κ2) is 5.98. The summed E-state index contributed by atoms with van der Waals surface area (Å²) in [4.78, 5) is 27.4. The highest BCUT2D eigenvalue weighted by atomic mass is 32.2. The second-order valence-electron chi connectivity index (χ2n) is 5.16. The van der Waals surface area contributed by atoms with E-state index in [-0.39, 0.29) is 36.1 Å². The maximum absolute atomic E-state index is 12.2. The number of nitrogens with zero attached hydrogens (tertiary/aromatic N) is 1. The van der Waals surface area contributed by atoms with Crippen LogP contribution in [0, 0.1) is 0 Å². The Balaban J connectivity index is 1.76. The minimum absolute atomic E-state index is 0.0795. The summed E-state index contributed by atoms with van der Waals surface area (Å²) >= 11 is 0. The number of H-pyrrole nitrogens is 1. The Morgan fingerprint density at radius 1 is 1.04 bits per heavy atom. The molecule has 120 valence electrons. The first-order valence-electron chi connectivity index (χ1n) is 7.04. The molecule has 0 unspecified atom stereocenters. The van der Waals surface area contributed by atoms with E-state index in [1.54, 1.807) is 18.5 Å². The van der Waals surface area contributed by atoms with Gasteiger partial charge in [0.2, 0.25) is 21.8 Å². The van der Waals surface area contributed by atoms with E-state index < -0.39 is 10.0 Å². The van der Waals surface area contributed by atoms with E-state index in [1.165, 1.54) is 24.3 Å². The first-order chi connectivity index (χ1) is 11.0. The van der Waals surface area contributed by atoms with Crippen molar-refractivity contribution in [1.29, 1.82) is 0 Å². The number of benzene rings is 1. The summed E-state index contributed by atoms with van der Waals surface area (Å²) in [5.41, 5.74) is 1.21. The van der Waals surface area contributed by atoms with Crippen molar-refractivity contribution in [2.75, 3.05) is 4.90 Å². The van der Waals surface area contributed by atoms with E-state index in [0.29, 0.717) is 5.69 Å². The molecule has 7 nitrogen and oxygen atoms in total. The minimum atomic E-state index is -3.66. The molecule has 0 aliphatic carbocycles. The standard InChI is InChI=1S/C15H15N3O4S/c19-14-5-6-15(20)18(14)12-1-3-13(4-2-12)23(21,22)17-10-11-7-8-16-9-11/h1-4,7-9,16-17H,5-6,10H2. The monoisotopic (exact) mass is 333 g/mol. The lowest BCUT2D eigenvalue weighted by Gasteiger charge is -2.14. The van der Waals surface area contributed by atoms with Crippen LogP contribution in [0.5, 0.6) is 0 Å². The molecule has 2 aromatic rings. The molecule has 2 heterocycles. The fourth-order valence-corrected chi connectivity index (χ4v) is 3.39. The smallest absolute Gasteiger partial charge is 0.240 e. The number of sulfonamides is 1. The Kier molecular flexibility index (Phi) is 4.01. The predicted molar refractivity (Wildman–Crippen MR) is 83.0 cm³/mol. The molecule has 0 saturated carbocycles. The maximum Gasteiger partial charge on any atom is 0.240 e. The van der Waals surface area contributed by atoms with Gasteiger partial charge >= 0.3 is 0 Å². The quantitative estimate of drug-likeness (QED) is 0.802. The summed E-state index contributed by atoms with van der Waals surface area (Å²) in [6.45, 7) is 0.177. The van der Waals surface area contributed by atoms with Crippen LogP contribution < -0.4 is 9.62 Å². The van der Waals surface area contributed by atoms with Gasteiger partial charge in [-0.1, -0.05) is 0 Å². The SMILES string of the molecule is O=C1CCC(=O)N1c1ccc(S(=O)(=O)NCc2cc[nH]c2)cc1. The lowest BCUT2D eigenvalue weighted by molar-refractivity contribution is -0.121. The number of hydrogen-bond acceptors (Lipinski definition) is 4. The number of aromatic nitrogens is 1. The molecule has 1 fully saturated rings. The third-order valence-corrected chi connectivity index (χ3v) is 5.00. The van der Waals surface area contributed by atoms with Crippen LogP contribution in [-0.4, -0.2) is 25.2 Å². The van der Waals surface area contributed by atoms with Gasteiger partial charge in [0, 0.05) is 31.8 Å². The van der Waals surface area contributed by atoms with Gasteiger partial charge in [-0.2, -0.15) is 0 Å². The van der Waals surface area contributed by atoms with Gasteiger partial charge in [0.1, 0.15) is 0 Å². The summed E-state index contributed by atoms with van der Waals surface area (Å²) in [7, 11) is -3.66. The van der Waals surface area contributed by atoms with Crippen molar-refractivity contribution >= 4 is 27.5 Å². The largest absolute Gasteiger partial charge is 0.367 e. The highest BCUT2D eigenvalue weighted by Crippen LogP contribution is 2.23. The Hall–Kier alpha value is -2.45.